The number of carbonyl (C=O) groups is 1. The molecule has 1 aliphatic heterocycles. The van der Waals surface area contributed by atoms with Crippen molar-refractivity contribution in [1.29, 1.82) is 0 Å². The molecule has 0 bridgehead atoms. The number of hydrogen-bond donors (Lipinski definition) is 4. The molecule has 64 heavy (non-hydrogen) atoms. The van der Waals surface area contributed by atoms with E-state index in [9.17, 15) is 25.2 Å². The summed E-state index contributed by atoms with van der Waals surface area (Å²) in [4.78, 5) is 12.8. The molecule has 1 aliphatic rings. The fourth-order valence-electron chi connectivity index (χ4n) is 8.39. The van der Waals surface area contributed by atoms with Crippen molar-refractivity contribution in [1.82, 2.24) is 0 Å². The number of ether oxygens (including phenoxy) is 4. The summed E-state index contributed by atoms with van der Waals surface area (Å²) in [6, 6.07) is 0. The lowest BCUT2D eigenvalue weighted by Gasteiger charge is -2.39. The number of esters is 1. The van der Waals surface area contributed by atoms with Gasteiger partial charge in [0.2, 0.25) is 0 Å². The molecule has 1 heterocycles. The predicted octanol–water partition coefficient (Wildman–Crippen LogP) is 13.5. The molecular formula is C55H102O9. The smallest absolute Gasteiger partial charge is 0.306 e. The number of carbonyl (C=O) groups excluding carboxylic acids is 1. The van der Waals surface area contributed by atoms with Crippen molar-refractivity contribution in [3.05, 3.63) is 36.5 Å². The highest BCUT2D eigenvalue weighted by Crippen LogP contribution is 2.23. The van der Waals surface area contributed by atoms with Crippen LogP contribution < -0.4 is 0 Å². The van der Waals surface area contributed by atoms with E-state index in [1.807, 2.05) is 0 Å². The normalized spacial score (nSPS) is 19.8. The second-order valence-electron chi connectivity index (χ2n) is 18.7. The van der Waals surface area contributed by atoms with E-state index in [4.69, 9.17) is 18.9 Å². The molecule has 0 aromatic rings. The standard InChI is InChI=1S/C55H102O9/c1-3-5-7-9-11-13-15-17-19-20-21-22-23-24-25-26-27-28-29-31-33-35-37-39-41-43-45-61-47-49(48-62-55-54(60)53(59)52(58)50(46-56)64-55)63-51(57)44-42-40-38-36-34-32-30-18-16-14-12-10-8-6-4-2/h6,8,12,14,18,30,49-50,52-56,58-60H,3-5,7,9-11,13,15-17,19-29,31-48H2,1-2H3/b8-6-,14-12-,30-18-. The van der Waals surface area contributed by atoms with Crippen LogP contribution in [0.3, 0.4) is 0 Å². The van der Waals surface area contributed by atoms with Gasteiger partial charge in [0.05, 0.1) is 19.8 Å². The molecule has 6 unspecified atom stereocenters. The van der Waals surface area contributed by atoms with E-state index in [1.165, 1.54) is 154 Å². The molecule has 4 N–H and O–H groups in total. The van der Waals surface area contributed by atoms with Crippen molar-refractivity contribution in [2.75, 3.05) is 26.4 Å². The molecule has 6 atom stereocenters. The highest BCUT2D eigenvalue weighted by molar-refractivity contribution is 5.69. The van der Waals surface area contributed by atoms with Gasteiger partial charge in [-0.2, -0.15) is 0 Å². The van der Waals surface area contributed by atoms with E-state index in [0.717, 1.165) is 70.6 Å². The van der Waals surface area contributed by atoms with Crippen LogP contribution in [0.1, 0.15) is 245 Å². The van der Waals surface area contributed by atoms with E-state index in [0.29, 0.717) is 13.0 Å². The largest absolute Gasteiger partial charge is 0.457 e. The lowest BCUT2D eigenvalue weighted by molar-refractivity contribution is -0.305. The Morgan fingerprint density at radius 3 is 1.44 bits per heavy atom. The molecule has 9 nitrogen and oxygen atoms in total. The molecule has 1 rings (SSSR count). The number of aliphatic hydroxyl groups excluding tert-OH is 4. The van der Waals surface area contributed by atoms with Gasteiger partial charge in [-0.15, -0.1) is 0 Å². The molecule has 376 valence electrons. The first-order chi connectivity index (χ1) is 31.4. The highest BCUT2D eigenvalue weighted by Gasteiger charge is 2.44. The molecule has 9 heteroatoms. The third kappa shape index (κ3) is 36.5. The lowest BCUT2D eigenvalue weighted by Crippen LogP contribution is -2.59. The molecule has 0 aromatic carbocycles. The van der Waals surface area contributed by atoms with Crippen LogP contribution in [0.4, 0.5) is 0 Å². The summed E-state index contributed by atoms with van der Waals surface area (Å²) >= 11 is 0. The highest BCUT2D eigenvalue weighted by atomic mass is 16.7. The maximum Gasteiger partial charge on any atom is 0.306 e. The Bertz CT molecular complexity index is 1080. The quantitative estimate of drug-likeness (QED) is 0.0267. The molecule has 1 saturated heterocycles. The first-order valence-corrected chi connectivity index (χ1v) is 27.1. The molecule has 0 radical (unpaired) electrons. The number of allylic oxidation sites excluding steroid dienone is 6. The van der Waals surface area contributed by atoms with Crippen molar-refractivity contribution in [2.45, 2.75) is 282 Å². The van der Waals surface area contributed by atoms with Crippen molar-refractivity contribution >= 4 is 5.97 Å². The van der Waals surface area contributed by atoms with Crippen LogP contribution in [0.5, 0.6) is 0 Å². The zero-order valence-corrected chi connectivity index (χ0v) is 41.5. The van der Waals surface area contributed by atoms with Crippen LogP contribution in [0.2, 0.25) is 0 Å². The number of aliphatic hydroxyl groups is 4. The average Bonchev–Trinajstić information content (AvgIpc) is 3.30. The van der Waals surface area contributed by atoms with E-state index < -0.39 is 43.4 Å². The van der Waals surface area contributed by atoms with Crippen molar-refractivity contribution < 1.29 is 44.2 Å². The van der Waals surface area contributed by atoms with Crippen LogP contribution in [-0.2, 0) is 23.7 Å². The average molecular weight is 907 g/mol. The molecule has 0 spiro atoms. The van der Waals surface area contributed by atoms with Gasteiger partial charge in [-0.1, -0.05) is 230 Å². The van der Waals surface area contributed by atoms with Crippen molar-refractivity contribution in [3.63, 3.8) is 0 Å². The summed E-state index contributed by atoms with van der Waals surface area (Å²) in [5.41, 5.74) is 0. The number of hydrogen-bond acceptors (Lipinski definition) is 9. The minimum absolute atomic E-state index is 0.118. The zero-order valence-electron chi connectivity index (χ0n) is 41.5. The molecular weight excluding hydrogens is 805 g/mol. The second-order valence-corrected chi connectivity index (χ2v) is 18.7. The minimum Gasteiger partial charge on any atom is -0.457 e. The Labute approximate surface area is 393 Å². The van der Waals surface area contributed by atoms with Gasteiger partial charge in [-0.3, -0.25) is 4.79 Å². The Balaban J connectivity index is 2.13. The first kappa shape index (κ1) is 60.4. The molecule has 0 aromatic heterocycles. The van der Waals surface area contributed by atoms with Crippen LogP contribution in [-0.4, -0.2) is 89.6 Å². The minimum atomic E-state index is -1.54. The van der Waals surface area contributed by atoms with Gasteiger partial charge in [-0.25, -0.2) is 0 Å². The van der Waals surface area contributed by atoms with Gasteiger partial charge in [0, 0.05) is 13.0 Å². The molecule has 1 fully saturated rings. The van der Waals surface area contributed by atoms with Crippen LogP contribution >= 0.6 is 0 Å². The second kappa shape index (κ2) is 46.5. The fraction of sp³-hybridized carbons (Fsp3) is 0.873. The number of unbranched alkanes of at least 4 members (excludes halogenated alkanes) is 30. The first-order valence-electron chi connectivity index (χ1n) is 27.1. The van der Waals surface area contributed by atoms with Crippen molar-refractivity contribution in [2.24, 2.45) is 0 Å². The van der Waals surface area contributed by atoms with Crippen molar-refractivity contribution in [3.8, 4) is 0 Å². The topological polar surface area (TPSA) is 135 Å². The molecule has 0 amide bonds. The Morgan fingerprint density at radius 1 is 0.516 bits per heavy atom. The van der Waals surface area contributed by atoms with Gasteiger partial charge < -0.3 is 39.4 Å². The maximum absolute atomic E-state index is 12.8. The van der Waals surface area contributed by atoms with Crippen LogP contribution in [0.15, 0.2) is 36.5 Å². The molecule has 0 saturated carbocycles. The summed E-state index contributed by atoms with van der Waals surface area (Å²) in [6.07, 6.45) is 50.6. The summed E-state index contributed by atoms with van der Waals surface area (Å²) < 4.78 is 22.9. The van der Waals surface area contributed by atoms with Crippen LogP contribution in [0.25, 0.3) is 0 Å². The predicted molar refractivity (Wildman–Crippen MR) is 265 cm³/mol. The SMILES string of the molecule is CC/C=C\C/C=C\C/C=C\CCCCCCCC(=O)OC(COCCCCCCCCCCCCCCCCCCCCCCCCCCCC)COC1OC(CO)C(O)C(O)C1O. The van der Waals surface area contributed by atoms with Gasteiger partial charge >= 0.3 is 5.97 Å². The zero-order chi connectivity index (χ0) is 46.4. The lowest BCUT2D eigenvalue weighted by atomic mass is 9.99. The third-order valence-electron chi connectivity index (χ3n) is 12.6. The Kier molecular flexibility index (Phi) is 43.9. The Morgan fingerprint density at radius 2 is 0.953 bits per heavy atom. The monoisotopic (exact) mass is 907 g/mol. The van der Waals surface area contributed by atoms with Crippen LogP contribution in [0, 0.1) is 0 Å². The van der Waals surface area contributed by atoms with Gasteiger partial charge in [0.15, 0.2) is 6.29 Å². The third-order valence-corrected chi connectivity index (χ3v) is 12.6. The number of rotatable bonds is 47. The summed E-state index contributed by atoms with van der Waals surface area (Å²) in [5, 5.41) is 40.2. The van der Waals surface area contributed by atoms with Gasteiger partial charge in [0.25, 0.3) is 0 Å². The van der Waals surface area contributed by atoms with E-state index in [-0.39, 0.29) is 19.2 Å². The van der Waals surface area contributed by atoms with Gasteiger partial charge in [-0.05, 0) is 44.9 Å². The van der Waals surface area contributed by atoms with E-state index >= 15 is 0 Å². The maximum atomic E-state index is 12.8. The summed E-state index contributed by atoms with van der Waals surface area (Å²) in [5.74, 6) is -0.326. The van der Waals surface area contributed by atoms with Gasteiger partial charge in [0.1, 0.15) is 30.5 Å². The summed E-state index contributed by atoms with van der Waals surface area (Å²) in [7, 11) is 0. The summed E-state index contributed by atoms with van der Waals surface area (Å²) in [6.45, 7) is 4.47. The fourth-order valence-corrected chi connectivity index (χ4v) is 8.39. The molecule has 0 aliphatic carbocycles. The van der Waals surface area contributed by atoms with E-state index in [1.54, 1.807) is 0 Å². The van der Waals surface area contributed by atoms with E-state index in [2.05, 4.69) is 50.3 Å². The Hall–Kier alpha value is -1.59.